The first kappa shape index (κ1) is 11.1. The highest BCUT2D eigenvalue weighted by Crippen LogP contribution is 2.17. The molecule has 1 heterocycles. The summed E-state index contributed by atoms with van der Waals surface area (Å²) in [6.07, 6.45) is 2.80. The molecule has 4 nitrogen and oxygen atoms in total. The number of ketones is 1. The van der Waals surface area contributed by atoms with Crippen LogP contribution in [0.1, 0.15) is 10.4 Å². The molecule has 1 aromatic carbocycles. The third-order valence-electron chi connectivity index (χ3n) is 2.50. The maximum Gasteiger partial charge on any atom is 0.243 e. The predicted octanol–water partition coefficient (Wildman–Crippen LogP) is 1.65. The zero-order chi connectivity index (χ0) is 12.3. The Morgan fingerprint density at radius 2 is 2.12 bits per heavy atom. The lowest BCUT2D eigenvalue weighted by molar-refractivity contribution is -0.116. The number of fused-ring (bicyclic) bond motifs is 1. The molecule has 0 radical (unpaired) electrons. The quantitative estimate of drug-likeness (QED) is 0.617. The van der Waals surface area contributed by atoms with Gasteiger partial charge in [0.1, 0.15) is 0 Å². The lowest BCUT2D eigenvalue weighted by Gasteiger charge is -2.00. The molecule has 86 valence electrons. The summed E-state index contributed by atoms with van der Waals surface area (Å²) >= 11 is 0. The van der Waals surface area contributed by atoms with Crippen LogP contribution >= 0.6 is 0 Å². The van der Waals surface area contributed by atoms with Gasteiger partial charge in [-0.3, -0.25) is 9.59 Å². The molecule has 0 saturated heterocycles. The zero-order valence-corrected chi connectivity index (χ0v) is 9.19. The Kier molecular flexibility index (Phi) is 3.05. The molecule has 2 N–H and O–H groups in total. The summed E-state index contributed by atoms with van der Waals surface area (Å²) in [4.78, 5) is 25.8. The van der Waals surface area contributed by atoms with Gasteiger partial charge in [0.05, 0.1) is 6.54 Å². The van der Waals surface area contributed by atoms with Crippen LogP contribution in [0.3, 0.4) is 0 Å². The van der Waals surface area contributed by atoms with E-state index in [9.17, 15) is 9.59 Å². The van der Waals surface area contributed by atoms with Gasteiger partial charge < -0.3 is 10.3 Å². The molecule has 1 aromatic heterocycles. The van der Waals surface area contributed by atoms with Gasteiger partial charge in [0.15, 0.2) is 5.78 Å². The predicted molar refractivity (Wildman–Crippen MR) is 65.8 cm³/mol. The second kappa shape index (κ2) is 4.65. The number of aromatic amines is 1. The van der Waals surface area contributed by atoms with Crippen molar-refractivity contribution < 1.29 is 9.59 Å². The van der Waals surface area contributed by atoms with Gasteiger partial charge in [0.25, 0.3) is 0 Å². The number of amides is 1. The zero-order valence-electron chi connectivity index (χ0n) is 9.19. The minimum Gasteiger partial charge on any atom is -0.360 e. The number of nitrogens with one attached hydrogen (secondary N) is 2. The van der Waals surface area contributed by atoms with E-state index in [0.29, 0.717) is 5.56 Å². The summed E-state index contributed by atoms with van der Waals surface area (Å²) in [6, 6.07) is 7.53. The van der Waals surface area contributed by atoms with Gasteiger partial charge in [0.2, 0.25) is 5.91 Å². The number of hydrogen-bond donors (Lipinski definition) is 2. The Morgan fingerprint density at radius 1 is 1.35 bits per heavy atom. The van der Waals surface area contributed by atoms with Gasteiger partial charge in [-0.15, -0.1) is 0 Å². The minimum absolute atomic E-state index is 0.0211. The summed E-state index contributed by atoms with van der Waals surface area (Å²) in [6.45, 7) is 3.30. The molecular weight excluding hydrogens is 216 g/mol. The molecule has 0 aliphatic heterocycles. The van der Waals surface area contributed by atoms with Crippen molar-refractivity contribution in [1.82, 2.24) is 10.3 Å². The molecule has 4 heteroatoms. The second-order valence-corrected chi connectivity index (χ2v) is 3.59. The van der Waals surface area contributed by atoms with Gasteiger partial charge in [-0.1, -0.05) is 24.8 Å². The average molecular weight is 228 g/mol. The van der Waals surface area contributed by atoms with E-state index in [1.54, 1.807) is 6.20 Å². The molecule has 0 atom stereocenters. The number of rotatable bonds is 4. The van der Waals surface area contributed by atoms with E-state index < -0.39 is 0 Å². The molecule has 17 heavy (non-hydrogen) atoms. The SMILES string of the molecule is C=CC(=O)NCC(=O)c1c[nH]c2ccccc12. The van der Waals surface area contributed by atoms with E-state index in [0.717, 1.165) is 17.0 Å². The highest BCUT2D eigenvalue weighted by atomic mass is 16.2. The molecule has 0 unspecified atom stereocenters. The molecule has 0 aliphatic rings. The number of H-pyrrole nitrogens is 1. The maximum absolute atomic E-state index is 11.9. The highest BCUT2D eigenvalue weighted by Gasteiger charge is 2.11. The molecule has 1 amide bonds. The van der Waals surface area contributed by atoms with Gasteiger partial charge in [-0.2, -0.15) is 0 Å². The van der Waals surface area contributed by atoms with Gasteiger partial charge in [-0.25, -0.2) is 0 Å². The number of carbonyl (C=O) groups excluding carboxylic acids is 2. The van der Waals surface area contributed by atoms with Crippen LogP contribution in [0.5, 0.6) is 0 Å². The minimum atomic E-state index is -0.349. The van der Waals surface area contributed by atoms with Crippen LogP contribution in [0.25, 0.3) is 10.9 Å². The Labute approximate surface area is 98.3 Å². The van der Waals surface area contributed by atoms with E-state index >= 15 is 0 Å². The summed E-state index contributed by atoms with van der Waals surface area (Å²) in [5.41, 5.74) is 1.50. The maximum atomic E-state index is 11.9. The molecular formula is C13H12N2O2. The van der Waals surface area contributed by atoms with Crippen molar-refractivity contribution in [1.29, 1.82) is 0 Å². The third kappa shape index (κ3) is 2.25. The number of Topliss-reactive ketones (excluding diaryl/α,β-unsaturated/α-hetero) is 1. The lowest BCUT2D eigenvalue weighted by atomic mass is 10.1. The van der Waals surface area contributed by atoms with Crippen molar-refractivity contribution in [3.63, 3.8) is 0 Å². The molecule has 0 spiro atoms. The summed E-state index contributed by atoms with van der Waals surface area (Å²) in [5, 5.41) is 3.33. The lowest BCUT2D eigenvalue weighted by Crippen LogP contribution is -2.27. The first-order valence-corrected chi connectivity index (χ1v) is 5.22. The van der Waals surface area contributed by atoms with E-state index in [1.807, 2.05) is 24.3 Å². The van der Waals surface area contributed by atoms with Gasteiger partial charge in [-0.05, 0) is 12.1 Å². The van der Waals surface area contributed by atoms with E-state index in [1.165, 1.54) is 0 Å². The Hall–Kier alpha value is -2.36. The van der Waals surface area contributed by atoms with Crippen LogP contribution in [0, 0.1) is 0 Å². The van der Waals surface area contributed by atoms with Crippen molar-refractivity contribution in [3.8, 4) is 0 Å². The standard InChI is InChI=1S/C13H12N2O2/c1-2-13(17)15-8-12(16)10-7-14-11-6-4-3-5-9(10)11/h2-7,14H,1,8H2,(H,15,17). The van der Waals surface area contributed by atoms with Crippen LogP contribution in [-0.2, 0) is 4.79 Å². The Bertz CT molecular complexity index is 584. The van der Waals surface area contributed by atoms with Crippen LogP contribution in [0.2, 0.25) is 0 Å². The largest absolute Gasteiger partial charge is 0.360 e. The van der Waals surface area contributed by atoms with E-state index in [-0.39, 0.29) is 18.2 Å². The summed E-state index contributed by atoms with van der Waals surface area (Å²) in [7, 11) is 0. The molecule has 2 rings (SSSR count). The van der Waals surface area contributed by atoms with Crippen LogP contribution in [-0.4, -0.2) is 23.2 Å². The number of para-hydroxylation sites is 1. The fourth-order valence-corrected chi connectivity index (χ4v) is 1.64. The first-order chi connectivity index (χ1) is 8.22. The van der Waals surface area contributed by atoms with E-state index in [2.05, 4.69) is 16.9 Å². The number of benzene rings is 1. The summed E-state index contributed by atoms with van der Waals surface area (Å²) in [5.74, 6) is -0.476. The Morgan fingerprint density at radius 3 is 2.88 bits per heavy atom. The van der Waals surface area contributed by atoms with Gasteiger partial charge >= 0.3 is 0 Å². The highest BCUT2D eigenvalue weighted by molar-refractivity contribution is 6.09. The smallest absolute Gasteiger partial charge is 0.243 e. The molecule has 2 aromatic rings. The first-order valence-electron chi connectivity index (χ1n) is 5.22. The average Bonchev–Trinajstić information content (AvgIpc) is 2.79. The Balaban J connectivity index is 2.19. The molecule has 0 bridgehead atoms. The molecule has 0 fully saturated rings. The number of hydrogen-bond acceptors (Lipinski definition) is 2. The normalized spacial score (nSPS) is 10.1. The fourth-order valence-electron chi connectivity index (χ4n) is 1.64. The molecule has 0 saturated carbocycles. The topological polar surface area (TPSA) is 62.0 Å². The molecule has 0 aliphatic carbocycles. The van der Waals surface area contributed by atoms with Crippen LogP contribution in [0.15, 0.2) is 43.1 Å². The van der Waals surface area contributed by atoms with Crippen molar-refractivity contribution >= 4 is 22.6 Å². The van der Waals surface area contributed by atoms with E-state index in [4.69, 9.17) is 0 Å². The summed E-state index contributed by atoms with van der Waals surface area (Å²) < 4.78 is 0. The third-order valence-corrected chi connectivity index (χ3v) is 2.50. The van der Waals surface area contributed by atoms with Crippen molar-refractivity contribution in [2.75, 3.05) is 6.54 Å². The monoisotopic (exact) mass is 228 g/mol. The van der Waals surface area contributed by atoms with Gasteiger partial charge in [0, 0.05) is 22.7 Å². The fraction of sp³-hybridized carbons (Fsp3) is 0.0769. The number of aromatic nitrogens is 1. The van der Waals surface area contributed by atoms with Crippen molar-refractivity contribution in [3.05, 3.63) is 48.7 Å². The van der Waals surface area contributed by atoms with Crippen LogP contribution in [0.4, 0.5) is 0 Å². The van der Waals surface area contributed by atoms with Crippen molar-refractivity contribution in [2.45, 2.75) is 0 Å². The van der Waals surface area contributed by atoms with Crippen molar-refractivity contribution in [2.24, 2.45) is 0 Å². The van der Waals surface area contributed by atoms with Crippen LogP contribution < -0.4 is 5.32 Å². The second-order valence-electron chi connectivity index (χ2n) is 3.59. The number of carbonyl (C=O) groups is 2.